The molecule has 1 N–H and O–H groups in total. The molecule has 2 aromatic rings. The molecular formula is C14H14ClN3O. The van der Waals surface area contributed by atoms with Crippen molar-refractivity contribution in [1.82, 2.24) is 9.78 Å². The van der Waals surface area contributed by atoms with Crippen LogP contribution < -0.4 is 5.32 Å². The highest BCUT2D eigenvalue weighted by molar-refractivity contribution is 6.31. The number of benzene rings is 1. The zero-order valence-corrected chi connectivity index (χ0v) is 11.4. The van der Waals surface area contributed by atoms with Crippen LogP contribution in [0.15, 0.2) is 24.3 Å². The Hall–Kier alpha value is -1.81. The zero-order valence-electron chi connectivity index (χ0n) is 10.6. The maximum Gasteiger partial charge on any atom is 0.256 e. The molecule has 1 aromatic heterocycles. The third-order valence-corrected chi connectivity index (χ3v) is 3.62. The van der Waals surface area contributed by atoms with E-state index in [0.717, 1.165) is 36.3 Å². The lowest BCUT2D eigenvalue weighted by Gasteiger charge is -2.07. The van der Waals surface area contributed by atoms with Gasteiger partial charge in [0.15, 0.2) is 0 Å². The molecular weight excluding hydrogens is 262 g/mol. The summed E-state index contributed by atoms with van der Waals surface area (Å²) < 4.78 is 1.74. The molecule has 0 saturated heterocycles. The summed E-state index contributed by atoms with van der Waals surface area (Å²) in [7, 11) is 1.85. The SMILES string of the molecule is Cn1nc2c(c1NC(=O)c1cccc(Cl)c1)CCC2. The lowest BCUT2D eigenvalue weighted by Crippen LogP contribution is -2.15. The van der Waals surface area contributed by atoms with Crippen LogP contribution >= 0.6 is 11.6 Å². The normalized spacial score (nSPS) is 13.4. The Kier molecular flexibility index (Phi) is 3.03. The Morgan fingerprint density at radius 1 is 1.42 bits per heavy atom. The number of hydrogen-bond donors (Lipinski definition) is 1. The third-order valence-electron chi connectivity index (χ3n) is 3.39. The van der Waals surface area contributed by atoms with Crippen LogP contribution in [0.5, 0.6) is 0 Å². The van der Waals surface area contributed by atoms with Crippen molar-refractivity contribution in [3.63, 3.8) is 0 Å². The number of anilines is 1. The van der Waals surface area contributed by atoms with Crippen molar-refractivity contribution in [3.05, 3.63) is 46.1 Å². The molecule has 0 unspecified atom stereocenters. The second-order valence-electron chi connectivity index (χ2n) is 4.72. The van der Waals surface area contributed by atoms with Gasteiger partial charge in [-0.2, -0.15) is 5.10 Å². The van der Waals surface area contributed by atoms with Gasteiger partial charge in [-0.15, -0.1) is 0 Å². The van der Waals surface area contributed by atoms with Gasteiger partial charge in [0.25, 0.3) is 5.91 Å². The van der Waals surface area contributed by atoms with E-state index in [9.17, 15) is 4.79 Å². The number of carbonyl (C=O) groups excluding carboxylic acids is 1. The fraction of sp³-hybridized carbons (Fsp3) is 0.286. The molecule has 1 aliphatic carbocycles. The number of aromatic nitrogens is 2. The first-order chi connectivity index (χ1) is 9.15. The van der Waals surface area contributed by atoms with Crippen molar-refractivity contribution in [3.8, 4) is 0 Å². The van der Waals surface area contributed by atoms with Crippen LogP contribution in [0.2, 0.25) is 5.02 Å². The minimum atomic E-state index is -0.153. The van der Waals surface area contributed by atoms with E-state index in [1.807, 2.05) is 7.05 Å². The standard InChI is InChI=1S/C14H14ClN3O/c1-18-13(11-6-3-7-12(11)17-18)16-14(19)9-4-2-5-10(15)8-9/h2,4-5,8H,3,6-7H2,1H3,(H,16,19). The van der Waals surface area contributed by atoms with E-state index in [1.54, 1.807) is 28.9 Å². The molecule has 0 aliphatic heterocycles. The molecule has 0 bridgehead atoms. The monoisotopic (exact) mass is 275 g/mol. The van der Waals surface area contributed by atoms with Crippen LogP contribution in [0.25, 0.3) is 0 Å². The molecule has 3 rings (SSSR count). The van der Waals surface area contributed by atoms with Crippen LogP contribution in [0.3, 0.4) is 0 Å². The number of halogens is 1. The van der Waals surface area contributed by atoms with Gasteiger partial charge < -0.3 is 5.32 Å². The van der Waals surface area contributed by atoms with Crippen molar-refractivity contribution in [2.75, 3.05) is 5.32 Å². The fourth-order valence-electron chi connectivity index (χ4n) is 2.49. The van der Waals surface area contributed by atoms with Gasteiger partial charge in [-0.05, 0) is 37.5 Å². The summed E-state index contributed by atoms with van der Waals surface area (Å²) >= 11 is 5.90. The molecule has 1 amide bonds. The quantitative estimate of drug-likeness (QED) is 0.916. The highest BCUT2D eigenvalue weighted by Crippen LogP contribution is 2.28. The zero-order chi connectivity index (χ0) is 13.4. The number of carbonyl (C=O) groups is 1. The smallest absolute Gasteiger partial charge is 0.256 e. The molecule has 0 fully saturated rings. The van der Waals surface area contributed by atoms with Gasteiger partial charge >= 0.3 is 0 Å². The van der Waals surface area contributed by atoms with Crippen LogP contribution in [0.4, 0.5) is 5.82 Å². The Bertz CT molecular complexity index is 648. The van der Waals surface area contributed by atoms with Crippen LogP contribution in [0.1, 0.15) is 28.0 Å². The Morgan fingerprint density at radius 3 is 3.05 bits per heavy atom. The second kappa shape index (κ2) is 4.70. The molecule has 1 aliphatic rings. The summed E-state index contributed by atoms with van der Waals surface area (Å²) in [5, 5.41) is 7.93. The lowest BCUT2D eigenvalue weighted by atomic mass is 10.2. The number of amides is 1. The average Bonchev–Trinajstić information content (AvgIpc) is 2.93. The van der Waals surface area contributed by atoms with E-state index in [0.29, 0.717) is 10.6 Å². The number of nitrogens with zero attached hydrogens (tertiary/aromatic N) is 2. The van der Waals surface area contributed by atoms with Crippen molar-refractivity contribution in [1.29, 1.82) is 0 Å². The summed E-state index contributed by atoms with van der Waals surface area (Å²) in [4.78, 5) is 12.2. The molecule has 19 heavy (non-hydrogen) atoms. The first-order valence-corrected chi connectivity index (χ1v) is 6.64. The van der Waals surface area contributed by atoms with E-state index in [-0.39, 0.29) is 5.91 Å². The van der Waals surface area contributed by atoms with Crippen molar-refractivity contribution in [2.45, 2.75) is 19.3 Å². The van der Waals surface area contributed by atoms with Gasteiger partial charge in [0, 0.05) is 23.2 Å². The largest absolute Gasteiger partial charge is 0.307 e. The molecule has 0 radical (unpaired) electrons. The molecule has 98 valence electrons. The second-order valence-corrected chi connectivity index (χ2v) is 5.15. The molecule has 4 nitrogen and oxygen atoms in total. The maximum absolute atomic E-state index is 12.2. The van der Waals surface area contributed by atoms with E-state index >= 15 is 0 Å². The topological polar surface area (TPSA) is 46.9 Å². The van der Waals surface area contributed by atoms with Crippen LogP contribution in [-0.4, -0.2) is 15.7 Å². The highest BCUT2D eigenvalue weighted by Gasteiger charge is 2.22. The van der Waals surface area contributed by atoms with Gasteiger partial charge in [0.2, 0.25) is 0 Å². The Morgan fingerprint density at radius 2 is 2.26 bits per heavy atom. The van der Waals surface area contributed by atoms with E-state index in [4.69, 9.17) is 11.6 Å². The van der Waals surface area contributed by atoms with Crippen LogP contribution in [-0.2, 0) is 19.9 Å². The maximum atomic E-state index is 12.2. The van der Waals surface area contributed by atoms with Crippen LogP contribution in [0, 0.1) is 0 Å². The highest BCUT2D eigenvalue weighted by atomic mass is 35.5. The predicted octanol–water partition coefficient (Wildman–Crippen LogP) is 2.81. The Labute approximate surface area is 116 Å². The van der Waals surface area contributed by atoms with E-state index < -0.39 is 0 Å². The van der Waals surface area contributed by atoms with E-state index in [1.165, 1.54) is 0 Å². The summed E-state index contributed by atoms with van der Waals surface area (Å²) in [5.74, 6) is 0.651. The van der Waals surface area contributed by atoms with Crippen molar-refractivity contribution in [2.24, 2.45) is 7.05 Å². The first kappa shape index (κ1) is 12.2. The van der Waals surface area contributed by atoms with Gasteiger partial charge in [0.1, 0.15) is 5.82 Å². The molecule has 0 saturated carbocycles. The molecule has 0 spiro atoms. The molecule has 0 atom stereocenters. The minimum absolute atomic E-state index is 0.153. The van der Waals surface area contributed by atoms with Gasteiger partial charge in [0.05, 0.1) is 5.69 Å². The predicted molar refractivity (Wildman–Crippen MR) is 74.6 cm³/mol. The molecule has 1 aromatic carbocycles. The van der Waals surface area contributed by atoms with Crippen molar-refractivity contribution >= 4 is 23.3 Å². The average molecular weight is 276 g/mol. The third kappa shape index (κ3) is 2.24. The Balaban J connectivity index is 1.88. The summed E-state index contributed by atoms with van der Waals surface area (Å²) in [5.41, 5.74) is 2.82. The summed E-state index contributed by atoms with van der Waals surface area (Å²) in [6.45, 7) is 0. The number of fused-ring (bicyclic) bond motifs is 1. The number of aryl methyl sites for hydroxylation is 2. The summed E-state index contributed by atoms with van der Waals surface area (Å²) in [6, 6.07) is 6.93. The number of hydrogen-bond acceptors (Lipinski definition) is 2. The number of rotatable bonds is 2. The minimum Gasteiger partial charge on any atom is -0.307 e. The van der Waals surface area contributed by atoms with Crippen molar-refractivity contribution < 1.29 is 4.79 Å². The summed E-state index contributed by atoms with van der Waals surface area (Å²) in [6.07, 6.45) is 3.09. The number of nitrogens with one attached hydrogen (secondary N) is 1. The van der Waals surface area contributed by atoms with Gasteiger partial charge in [-0.1, -0.05) is 17.7 Å². The van der Waals surface area contributed by atoms with Gasteiger partial charge in [-0.3, -0.25) is 9.48 Å². The molecule has 1 heterocycles. The fourth-order valence-corrected chi connectivity index (χ4v) is 2.68. The van der Waals surface area contributed by atoms with E-state index in [2.05, 4.69) is 10.4 Å². The van der Waals surface area contributed by atoms with Gasteiger partial charge in [-0.25, -0.2) is 0 Å². The first-order valence-electron chi connectivity index (χ1n) is 6.27. The lowest BCUT2D eigenvalue weighted by molar-refractivity contribution is 0.102. The molecule has 5 heteroatoms.